The molecule has 1 N–H and O–H groups in total. The van der Waals surface area contributed by atoms with E-state index in [4.69, 9.17) is 0 Å². The molecule has 0 saturated carbocycles. The SMILES string of the molecule is Cc1[nH]ncc1CN1C(=O)c2ccccc2C1=O. The Labute approximate surface area is 103 Å². The van der Waals surface area contributed by atoms with E-state index in [0.717, 1.165) is 11.3 Å². The number of aryl methyl sites for hydroxylation is 1. The van der Waals surface area contributed by atoms with Crippen LogP contribution in [-0.4, -0.2) is 26.9 Å². The lowest BCUT2D eigenvalue weighted by atomic mass is 10.1. The molecule has 1 aliphatic rings. The molecule has 0 spiro atoms. The lowest BCUT2D eigenvalue weighted by molar-refractivity contribution is 0.0642. The number of aromatic nitrogens is 2. The molecule has 18 heavy (non-hydrogen) atoms. The number of rotatable bonds is 2. The fourth-order valence-electron chi connectivity index (χ4n) is 2.09. The summed E-state index contributed by atoms with van der Waals surface area (Å²) in [6.07, 6.45) is 1.64. The lowest BCUT2D eigenvalue weighted by Crippen LogP contribution is -2.29. The molecule has 0 atom stereocenters. The molecular formula is C13H11N3O2. The van der Waals surface area contributed by atoms with Crippen LogP contribution in [-0.2, 0) is 6.54 Å². The van der Waals surface area contributed by atoms with Gasteiger partial charge in [0.05, 0.1) is 23.9 Å². The largest absolute Gasteiger partial charge is 0.283 e. The molecule has 0 unspecified atom stereocenters. The van der Waals surface area contributed by atoms with E-state index >= 15 is 0 Å². The van der Waals surface area contributed by atoms with E-state index in [1.165, 1.54) is 4.90 Å². The van der Waals surface area contributed by atoms with Crippen molar-refractivity contribution in [2.75, 3.05) is 0 Å². The van der Waals surface area contributed by atoms with Crippen LogP contribution >= 0.6 is 0 Å². The summed E-state index contributed by atoms with van der Waals surface area (Å²) in [7, 11) is 0. The molecule has 3 rings (SSSR count). The molecule has 90 valence electrons. The molecule has 2 aromatic rings. The number of carbonyl (C=O) groups is 2. The fourth-order valence-corrected chi connectivity index (χ4v) is 2.09. The zero-order valence-corrected chi connectivity index (χ0v) is 9.80. The summed E-state index contributed by atoms with van der Waals surface area (Å²) in [6.45, 7) is 2.12. The number of nitrogens with zero attached hydrogens (tertiary/aromatic N) is 2. The van der Waals surface area contributed by atoms with Crippen molar-refractivity contribution in [1.29, 1.82) is 0 Å². The summed E-state index contributed by atoms with van der Waals surface area (Å²) in [5.74, 6) is -0.479. The minimum absolute atomic E-state index is 0.240. The number of H-pyrrole nitrogens is 1. The van der Waals surface area contributed by atoms with Crippen molar-refractivity contribution in [2.24, 2.45) is 0 Å². The monoisotopic (exact) mass is 241 g/mol. The summed E-state index contributed by atoms with van der Waals surface area (Å²) in [6, 6.07) is 6.88. The van der Waals surface area contributed by atoms with Crippen molar-refractivity contribution in [3.63, 3.8) is 0 Å². The molecule has 0 saturated heterocycles. The Hall–Kier alpha value is -2.43. The molecule has 2 heterocycles. The van der Waals surface area contributed by atoms with Gasteiger partial charge in [0.1, 0.15) is 0 Å². The summed E-state index contributed by atoms with van der Waals surface area (Å²) in [5, 5.41) is 6.68. The van der Waals surface area contributed by atoms with Crippen LogP contribution in [0.3, 0.4) is 0 Å². The van der Waals surface area contributed by atoms with Gasteiger partial charge in [0.2, 0.25) is 0 Å². The molecule has 1 aromatic carbocycles. The number of carbonyl (C=O) groups excluding carboxylic acids is 2. The van der Waals surface area contributed by atoms with Crippen LogP contribution in [0.5, 0.6) is 0 Å². The number of nitrogens with one attached hydrogen (secondary N) is 1. The number of hydrogen-bond donors (Lipinski definition) is 1. The fraction of sp³-hybridized carbons (Fsp3) is 0.154. The number of fused-ring (bicyclic) bond motifs is 1. The smallest absolute Gasteiger partial charge is 0.261 e. The van der Waals surface area contributed by atoms with Gasteiger partial charge in [0.15, 0.2) is 0 Å². The third-order valence-electron chi connectivity index (χ3n) is 3.14. The average Bonchev–Trinajstić information content (AvgIpc) is 2.89. The van der Waals surface area contributed by atoms with Crippen molar-refractivity contribution in [3.05, 3.63) is 52.8 Å². The maximum atomic E-state index is 12.1. The lowest BCUT2D eigenvalue weighted by Gasteiger charge is -2.12. The van der Waals surface area contributed by atoms with Crippen molar-refractivity contribution < 1.29 is 9.59 Å². The zero-order chi connectivity index (χ0) is 12.7. The first-order valence-corrected chi connectivity index (χ1v) is 5.62. The summed E-state index contributed by atoms with van der Waals surface area (Å²) in [4.78, 5) is 25.5. The first kappa shape index (κ1) is 10.7. The molecule has 0 fully saturated rings. The van der Waals surface area contributed by atoms with Crippen LogP contribution in [0.2, 0.25) is 0 Å². The van der Waals surface area contributed by atoms with Gasteiger partial charge in [0.25, 0.3) is 11.8 Å². The first-order chi connectivity index (χ1) is 8.68. The van der Waals surface area contributed by atoms with Crippen molar-refractivity contribution in [1.82, 2.24) is 15.1 Å². The minimum atomic E-state index is -0.240. The van der Waals surface area contributed by atoms with Gasteiger partial charge in [-0.05, 0) is 19.1 Å². The number of benzene rings is 1. The second-order valence-electron chi connectivity index (χ2n) is 4.26. The second-order valence-corrected chi connectivity index (χ2v) is 4.26. The number of hydrogen-bond acceptors (Lipinski definition) is 3. The van der Waals surface area contributed by atoms with E-state index in [9.17, 15) is 9.59 Å². The molecule has 0 bridgehead atoms. The summed E-state index contributed by atoms with van der Waals surface area (Å²) < 4.78 is 0. The van der Waals surface area contributed by atoms with Gasteiger partial charge in [-0.15, -0.1) is 0 Å². The van der Waals surface area contributed by atoms with Crippen LogP contribution in [0.15, 0.2) is 30.5 Å². The minimum Gasteiger partial charge on any atom is -0.283 e. The molecule has 1 aliphatic heterocycles. The van der Waals surface area contributed by atoms with E-state index in [2.05, 4.69) is 10.2 Å². The van der Waals surface area contributed by atoms with Gasteiger partial charge in [-0.25, -0.2) is 0 Å². The molecular weight excluding hydrogens is 230 g/mol. The summed E-state index contributed by atoms with van der Waals surface area (Å²) >= 11 is 0. The van der Waals surface area contributed by atoms with E-state index in [1.54, 1.807) is 30.5 Å². The van der Waals surface area contributed by atoms with Crippen LogP contribution in [0, 0.1) is 6.92 Å². The third kappa shape index (κ3) is 1.44. The topological polar surface area (TPSA) is 66.1 Å². The number of aromatic amines is 1. The standard InChI is InChI=1S/C13H11N3O2/c1-8-9(6-14-15-8)7-16-12(17)10-4-2-3-5-11(10)13(16)18/h2-6H,7H2,1H3,(H,14,15). The van der Waals surface area contributed by atoms with Crippen molar-refractivity contribution in [2.45, 2.75) is 13.5 Å². The highest BCUT2D eigenvalue weighted by Gasteiger charge is 2.35. The Kier molecular flexibility index (Phi) is 2.26. The molecule has 5 nitrogen and oxygen atoms in total. The predicted molar refractivity (Wildman–Crippen MR) is 64.0 cm³/mol. The van der Waals surface area contributed by atoms with E-state index < -0.39 is 0 Å². The Morgan fingerprint density at radius 1 is 1.17 bits per heavy atom. The van der Waals surface area contributed by atoms with Gasteiger partial charge < -0.3 is 0 Å². The molecule has 1 aromatic heterocycles. The highest BCUT2D eigenvalue weighted by molar-refractivity contribution is 6.21. The highest BCUT2D eigenvalue weighted by Crippen LogP contribution is 2.24. The molecule has 0 radical (unpaired) electrons. The molecule has 0 aliphatic carbocycles. The first-order valence-electron chi connectivity index (χ1n) is 5.62. The second kappa shape index (κ2) is 3.80. The average molecular weight is 241 g/mol. The normalized spacial score (nSPS) is 14.2. The Morgan fingerprint density at radius 2 is 1.78 bits per heavy atom. The highest BCUT2D eigenvalue weighted by atomic mass is 16.2. The quantitative estimate of drug-likeness (QED) is 0.810. The van der Waals surface area contributed by atoms with E-state index in [-0.39, 0.29) is 18.4 Å². The number of imide groups is 1. The van der Waals surface area contributed by atoms with Crippen LogP contribution in [0.25, 0.3) is 0 Å². The number of amides is 2. The molecule has 5 heteroatoms. The molecule has 2 amide bonds. The Bertz CT molecular complexity index is 610. The third-order valence-corrected chi connectivity index (χ3v) is 3.14. The summed E-state index contributed by atoms with van der Waals surface area (Å²) in [5.41, 5.74) is 2.67. The van der Waals surface area contributed by atoms with Gasteiger partial charge in [0, 0.05) is 11.3 Å². The van der Waals surface area contributed by atoms with Gasteiger partial charge in [-0.2, -0.15) is 5.10 Å². The van der Waals surface area contributed by atoms with Crippen LogP contribution in [0.4, 0.5) is 0 Å². The Morgan fingerprint density at radius 3 is 2.28 bits per heavy atom. The van der Waals surface area contributed by atoms with Crippen molar-refractivity contribution >= 4 is 11.8 Å². The maximum Gasteiger partial charge on any atom is 0.261 e. The zero-order valence-electron chi connectivity index (χ0n) is 9.80. The van der Waals surface area contributed by atoms with Crippen LogP contribution in [0.1, 0.15) is 32.0 Å². The van der Waals surface area contributed by atoms with Gasteiger partial charge in [-0.1, -0.05) is 12.1 Å². The van der Waals surface area contributed by atoms with E-state index in [1.807, 2.05) is 6.92 Å². The van der Waals surface area contributed by atoms with Gasteiger partial charge >= 0.3 is 0 Å². The van der Waals surface area contributed by atoms with Crippen molar-refractivity contribution in [3.8, 4) is 0 Å². The van der Waals surface area contributed by atoms with Gasteiger partial charge in [-0.3, -0.25) is 19.6 Å². The Balaban J connectivity index is 1.95. The van der Waals surface area contributed by atoms with E-state index in [0.29, 0.717) is 11.1 Å². The van der Waals surface area contributed by atoms with Crippen LogP contribution < -0.4 is 0 Å². The predicted octanol–water partition coefficient (Wildman–Crippen LogP) is 1.51. The maximum absolute atomic E-state index is 12.1.